The summed E-state index contributed by atoms with van der Waals surface area (Å²) < 4.78 is 5.28. The molecule has 1 nitrogen and oxygen atoms in total. The Morgan fingerprint density at radius 1 is 1.60 bits per heavy atom. The van der Waals surface area contributed by atoms with Crippen LogP contribution in [0.25, 0.3) is 0 Å². The standard InChI is InChI=1S/C9H14O/c1-2-7-4-3-5-8(7)9-6-10-9/h3-4,7-9H,2,5-6H2,1H3. The van der Waals surface area contributed by atoms with E-state index in [0.29, 0.717) is 6.10 Å². The van der Waals surface area contributed by atoms with Gasteiger partial charge in [0.15, 0.2) is 0 Å². The van der Waals surface area contributed by atoms with E-state index in [-0.39, 0.29) is 0 Å². The molecule has 0 saturated carbocycles. The number of rotatable bonds is 2. The van der Waals surface area contributed by atoms with Crippen molar-refractivity contribution in [1.82, 2.24) is 0 Å². The zero-order chi connectivity index (χ0) is 6.97. The predicted octanol–water partition coefficient (Wildman–Crippen LogP) is 1.99. The summed E-state index contributed by atoms with van der Waals surface area (Å²) in [5.41, 5.74) is 0. The minimum Gasteiger partial charge on any atom is -0.373 e. The van der Waals surface area contributed by atoms with Crippen LogP contribution in [0.15, 0.2) is 12.2 Å². The molecule has 1 fully saturated rings. The van der Waals surface area contributed by atoms with Crippen LogP contribution >= 0.6 is 0 Å². The van der Waals surface area contributed by atoms with E-state index in [9.17, 15) is 0 Å². The van der Waals surface area contributed by atoms with Crippen LogP contribution in [-0.2, 0) is 4.74 Å². The van der Waals surface area contributed by atoms with Gasteiger partial charge in [-0.2, -0.15) is 0 Å². The molecule has 0 spiro atoms. The topological polar surface area (TPSA) is 12.5 Å². The van der Waals surface area contributed by atoms with E-state index >= 15 is 0 Å². The molecule has 0 radical (unpaired) electrons. The maximum atomic E-state index is 5.28. The van der Waals surface area contributed by atoms with Crippen molar-refractivity contribution in [3.8, 4) is 0 Å². The van der Waals surface area contributed by atoms with Gasteiger partial charge in [-0.3, -0.25) is 0 Å². The molecular weight excluding hydrogens is 124 g/mol. The molecule has 0 aromatic rings. The second-order valence-electron chi connectivity index (χ2n) is 3.27. The van der Waals surface area contributed by atoms with Crippen molar-refractivity contribution in [2.75, 3.05) is 6.61 Å². The van der Waals surface area contributed by atoms with Crippen molar-refractivity contribution >= 4 is 0 Å². The van der Waals surface area contributed by atoms with Gasteiger partial charge in [-0.1, -0.05) is 19.1 Å². The van der Waals surface area contributed by atoms with E-state index in [1.54, 1.807) is 0 Å². The van der Waals surface area contributed by atoms with Gasteiger partial charge < -0.3 is 4.74 Å². The second-order valence-corrected chi connectivity index (χ2v) is 3.27. The number of hydrogen-bond donors (Lipinski definition) is 0. The first-order valence-corrected chi connectivity index (χ1v) is 4.20. The summed E-state index contributed by atoms with van der Waals surface area (Å²) in [6, 6.07) is 0. The largest absolute Gasteiger partial charge is 0.373 e. The monoisotopic (exact) mass is 138 g/mol. The zero-order valence-corrected chi connectivity index (χ0v) is 6.42. The van der Waals surface area contributed by atoms with Crippen molar-refractivity contribution in [3.63, 3.8) is 0 Å². The summed E-state index contributed by atoms with van der Waals surface area (Å²) in [6.07, 6.45) is 7.80. The molecule has 10 heavy (non-hydrogen) atoms. The van der Waals surface area contributed by atoms with Crippen molar-refractivity contribution in [1.29, 1.82) is 0 Å². The fourth-order valence-corrected chi connectivity index (χ4v) is 1.90. The molecule has 1 aliphatic heterocycles. The normalized spacial score (nSPS) is 44.3. The molecule has 1 heterocycles. The second kappa shape index (κ2) is 2.39. The van der Waals surface area contributed by atoms with Crippen molar-refractivity contribution in [3.05, 3.63) is 12.2 Å². The number of hydrogen-bond acceptors (Lipinski definition) is 1. The van der Waals surface area contributed by atoms with Crippen molar-refractivity contribution in [2.24, 2.45) is 11.8 Å². The summed E-state index contributed by atoms with van der Waals surface area (Å²) >= 11 is 0. The summed E-state index contributed by atoms with van der Waals surface area (Å²) in [6.45, 7) is 3.28. The predicted molar refractivity (Wildman–Crippen MR) is 40.8 cm³/mol. The Labute approximate surface area is 62.1 Å². The summed E-state index contributed by atoms with van der Waals surface area (Å²) in [7, 11) is 0. The van der Waals surface area contributed by atoms with E-state index in [2.05, 4.69) is 19.1 Å². The van der Waals surface area contributed by atoms with Gasteiger partial charge in [-0.25, -0.2) is 0 Å². The summed E-state index contributed by atoms with van der Waals surface area (Å²) in [4.78, 5) is 0. The Hall–Kier alpha value is -0.300. The third-order valence-corrected chi connectivity index (χ3v) is 2.65. The fraction of sp³-hybridized carbons (Fsp3) is 0.778. The molecule has 0 aromatic carbocycles. The third-order valence-electron chi connectivity index (χ3n) is 2.65. The minimum absolute atomic E-state index is 0.611. The van der Waals surface area contributed by atoms with E-state index in [0.717, 1.165) is 18.4 Å². The van der Waals surface area contributed by atoms with Crippen LogP contribution in [0.5, 0.6) is 0 Å². The quantitative estimate of drug-likeness (QED) is 0.420. The SMILES string of the molecule is CCC1C=CCC1C1CO1. The third kappa shape index (κ3) is 0.988. The van der Waals surface area contributed by atoms with Crippen LogP contribution in [-0.4, -0.2) is 12.7 Å². The highest BCUT2D eigenvalue weighted by molar-refractivity contribution is 5.04. The molecule has 1 heteroatoms. The summed E-state index contributed by atoms with van der Waals surface area (Å²) in [5, 5.41) is 0. The molecule has 2 aliphatic rings. The molecule has 0 aromatic heterocycles. The van der Waals surface area contributed by atoms with Gasteiger partial charge in [-0.05, 0) is 24.7 Å². The van der Waals surface area contributed by atoms with E-state index in [4.69, 9.17) is 4.74 Å². The molecule has 0 N–H and O–H groups in total. The number of epoxide rings is 1. The Kier molecular flexibility index (Phi) is 1.53. The smallest absolute Gasteiger partial charge is 0.0846 e. The highest BCUT2D eigenvalue weighted by atomic mass is 16.6. The van der Waals surface area contributed by atoms with Gasteiger partial charge in [0, 0.05) is 0 Å². The number of ether oxygens (including phenoxy) is 1. The lowest BCUT2D eigenvalue weighted by Gasteiger charge is -2.13. The van der Waals surface area contributed by atoms with Crippen LogP contribution in [0.2, 0.25) is 0 Å². The number of allylic oxidation sites excluding steroid dienone is 2. The average Bonchev–Trinajstić information content (AvgIpc) is 2.69. The van der Waals surface area contributed by atoms with Crippen LogP contribution in [0.1, 0.15) is 19.8 Å². The van der Waals surface area contributed by atoms with Gasteiger partial charge in [0.1, 0.15) is 0 Å². The lowest BCUT2D eigenvalue weighted by molar-refractivity contribution is 0.287. The van der Waals surface area contributed by atoms with Gasteiger partial charge in [0.25, 0.3) is 0 Å². The van der Waals surface area contributed by atoms with Gasteiger partial charge >= 0.3 is 0 Å². The highest BCUT2D eigenvalue weighted by Crippen LogP contribution is 2.36. The fourth-order valence-electron chi connectivity index (χ4n) is 1.90. The molecule has 2 rings (SSSR count). The van der Waals surface area contributed by atoms with Crippen LogP contribution < -0.4 is 0 Å². The Morgan fingerprint density at radius 3 is 3.00 bits per heavy atom. The van der Waals surface area contributed by atoms with E-state index in [1.165, 1.54) is 12.8 Å². The molecule has 56 valence electrons. The highest BCUT2D eigenvalue weighted by Gasteiger charge is 2.37. The zero-order valence-electron chi connectivity index (χ0n) is 6.42. The first-order chi connectivity index (χ1) is 4.92. The molecule has 0 amide bonds. The molecular formula is C9H14O. The Morgan fingerprint density at radius 2 is 2.40 bits per heavy atom. The molecule has 3 unspecified atom stereocenters. The van der Waals surface area contributed by atoms with Crippen molar-refractivity contribution in [2.45, 2.75) is 25.9 Å². The summed E-state index contributed by atoms with van der Waals surface area (Å²) in [5.74, 6) is 1.64. The van der Waals surface area contributed by atoms with Crippen LogP contribution in [0.3, 0.4) is 0 Å². The lowest BCUT2D eigenvalue weighted by atomic mass is 9.91. The van der Waals surface area contributed by atoms with Gasteiger partial charge in [0.05, 0.1) is 12.7 Å². The first kappa shape index (κ1) is 6.41. The molecule has 0 bridgehead atoms. The van der Waals surface area contributed by atoms with E-state index < -0.39 is 0 Å². The van der Waals surface area contributed by atoms with Crippen LogP contribution in [0.4, 0.5) is 0 Å². The minimum atomic E-state index is 0.611. The van der Waals surface area contributed by atoms with Crippen LogP contribution in [0, 0.1) is 11.8 Å². The lowest BCUT2D eigenvalue weighted by Crippen LogP contribution is -2.13. The Balaban J connectivity index is 1.95. The molecule has 3 atom stereocenters. The van der Waals surface area contributed by atoms with Gasteiger partial charge in [0.2, 0.25) is 0 Å². The van der Waals surface area contributed by atoms with Gasteiger partial charge in [-0.15, -0.1) is 0 Å². The molecule has 1 saturated heterocycles. The van der Waals surface area contributed by atoms with Crippen molar-refractivity contribution < 1.29 is 4.74 Å². The maximum absolute atomic E-state index is 5.28. The average molecular weight is 138 g/mol. The maximum Gasteiger partial charge on any atom is 0.0846 e. The van der Waals surface area contributed by atoms with E-state index in [1.807, 2.05) is 0 Å². The molecule has 1 aliphatic carbocycles. The Bertz CT molecular complexity index is 147. The first-order valence-electron chi connectivity index (χ1n) is 4.20.